The summed E-state index contributed by atoms with van der Waals surface area (Å²) in [7, 11) is 0. The zero-order valence-electron chi connectivity index (χ0n) is 12.0. The number of nitrogens with one attached hydrogen (secondary N) is 1. The van der Waals surface area contributed by atoms with E-state index in [9.17, 15) is 9.59 Å². The Morgan fingerprint density at radius 3 is 2.52 bits per heavy atom. The van der Waals surface area contributed by atoms with Gasteiger partial charge in [0.15, 0.2) is 6.10 Å². The minimum Gasteiger partial charge on any atom is -0.449 e. The number of allylic oxidation sites excluding steroid dienone is 1. The van der Waals surface area contributed by atoms with Crippen LogP contribution >= 0.6 is 23.2 Å². The molecule has 0 radical (unpaired) electrons. The number of ether oxygens (including phenoxy) is 1. The van der Waals surface area contributed by atoms with E-state index in [0.29, 0.717) is 10.0 Å². The number of esters is 1. The van der Waals surface area contributed by atoms with Gasteiger partial charge in [-0.25, -0.2) is 4.79 Å². The lowest BCUT2D eigenvalue weighted by atomic mass is 10.1. The highest BCUT2D eigenvalue weighted by Crippen LogP contribution is 2.26. The van der Waals surface area contributed by atoms with Crippen molar-refractivity contribution >= 4 is 35.1 Å². The van der Waals surface area contributed by atoms with E-state index in [4.69, 9.17) is 27.9 Å². The molecule has 1 aromatic carbocycles. The van der Waals surface area contributed by atoms with Gasteiger partial charge in [0.25, 0.3) is 5.91 Å². The number of halogens is 2. The third-order valence-electron chi connectivity index (χ3n) is 2.75. The van der Waals surface area contributed by atoms with Crippen molar-refractivity contribution in [3.8, 4) is 0 Å². The van der Waals surface area contributed by atoms with Crippen LogP contribution in [0.25, 0.3) is 0 Å². The first-order valence-corrected chi connectivity index (χ1v) is 7.19. The van der Waals surface area contributed by atoms with Crippen LogP contribution in [0, 0.1) is 0 Å². The van der Waals surface area contributed by atoms with E-state index in [1.807, 2.05) is 0 Å². The number of carbonyl (C=O) groups is 2. The summed E-state index contributed by atoms with van der Waals surface area (Å²) in [5, 5.41) is 3.73. The van der Waals surface area contributed by atoms with Gasteiger partial charge in [-0.2, -0.15) is 0 Å². The fourth-order valence-corrected chi connectivity index (χ4v) is 2.24. The summed E-state index contributed by atoms with van der Waals surface area (Å²) in [6.07, 6.45) is 1.91. The van der Waals surface area contributed by atoms with Gasteiger partial charge in [-0.15, -0.1) is 0 Å². The van der Waals surface area contributed by atoms with Gasteiger partial charge < -0.3 is 10.1 Å². The van der Waals surface area contributed by atoms with Crippen molar-refractivity contribution in [2.75, 3.05) is 0 Å². The molecule has 0 fully saturated rings. The fraction of sp³-hybridized carbons (Fsp3) is 0.333. The summed E-state index contributed by atoms with van der Waals surface area (Å²) < 4.78 is 4.95. The fourth-order valence-electron chi connectivity index (χ4n) is 1.66. The summed E-state index contributed by atoms with van der Waals surface area (Å²) in [5.41, 5.74) is 0.737. The van der Waals surface area contributed by atoms with Gasteiger partial charge in [-0.1, -0.05) is 35.3 Å². The normalized spacial score (nSPS) is 13.8. The molecular weight excluding hydrogens is 313 g/mol. The molecular formula is C15H17Cl2NO3. The molecule has 0 aromatic heterocycles. The van der Waals surface area contributed by atoms with Crippen LogP contribution in [0.5, 0.6) is 0 Å². The monoisotopic (exact) mass is 329 g/mol. The van der Waals surface area contributed by atoms with Crippen LogP contribution in [0.15, 0.2) is 30.4 Å². The molecule has 2 atom stereocenters. The van der Waals surface area contributed by atoms with E-state index in [2.05, 4.69) is 5.32 Å². The number of hydrogen-bond donors (Lipinski definition) is 1. The minimum atomic E-state index is -0.887. The highest BCUT2D eigenvalue weighted by atomic mass is 35.5. The molecule has 1 aromatic rings. The first kappa shape index (κ1) is 17.5. The first-order valence-electron chi connectivity index (χ1n) is 6.43. The van der Waals surface area contributed by atoms with E-state index in [1.54, 1.807) is 38.1 Å². The number of hydrogen-bond acceptors (Lipinski definition) is 3. The molecule has 114 valence electrons. The molecule has 0 bridgehead atoms. The van der Waals surface area contributed by atoms with E-state index >= 15 is 0 Å². The van der Waals surface area contributed by atoms with Gasteiger partial charge in [0, 0.05) is 16.1 Å². The lowest BCUT2D eigenvalue weighted by molar-refractivity contribution is -0.150. The Balaban J connectivity index is 2.67. The molecule has 0 spiro atoms. The third-order valence-corrected chi connectivity index (χ3v) is 3.32. The second-order valence-corrected chi connectivity index (χ2v) is 5.32. The molecule has 1 amide bonds. The summed E-state index contributed by atoms with van der Waals surface area (Å²) in [6.45, 7) is 4.98. The van der Waals surface area contributed by atoms with Gasteiger partial charge >= 0.3 is 5.97 Å². The van der Waals surface area contributed by atoms with Crippen LogP contribution in [0.1, 0.15) is 32.4 Å². The molecule has 0 heterocycles. The summed E-state index contributed by atoms with van der Waals surface area (Å²) in [4.78, 5) is 23.2. The quantitative estimate of drug-likeness (QED) is 0.662. The molecule has 21 heavy (non-hydrogen) atoms. The predicted molar refractivity (Wildman–Crippen MR) is 83.4 cm³/mol. The summed E-state index contributed by atoms with van der Waals surface area (Å²) in [5.74, 6) is -0.955. The summed E-state index contributed by atoms with van der Waals surface area (Å²) in [6, 6.07) is 4.72. The number of rotatable bonds is 5. The zero-order chi connectivity index (χ0) is 16.0. The van der Waals surface area contributed by atoms with Gasteiger partial charge in [0.05, 0.1) is 6.04 Å². The molecule has 0 unspecified atom stereocenters. The Kier molecular flexibility index (Phi) is 6.72. The smallest absolute Gasteiger partial charge is 0.331 e. The molecule has 0 saturated heterocycles. The standard InChI is InChI=1S/C15H17Cl2NO3/c1-4-5-14(19)21-10(3)15(20)18-9(2)12-7-6-11(16)8-13(12)17/h4-10H,1-3H3,(H,18,20)/b5-4+/t9-,10+/m1/s1. The van der Waals surface area contributed by atoms with Crippen molar-refractivity contribution in [1.29, 1.82) is 0 Å². The molecule has 4 nitrogen and oxygen atoms in total. The zero-order valence-corrected chi connectivity index (χ0v) is 13.5. The first-order chi connectivity index (χ1) is 9.85. The second-order valence-electron chi connectivity index (χ2n) is 4.48. The second kappa shape index (κ2) is 8.05. The molecule has 0 aliphatic rings. The molecule has 6 heteroatoms. The largest absolute Gasteiger partial charge is 0.449 e. The minimum absolute atomic E-state index is 0.329. The number of amides is 1. The van der Waals surface area contributed by atoms with Crippen LogP contribution in [0.3, 0.4) is 0 Å². The van der Waals surface area contributed by atoms with Crippen LogP contribution in [0.2, 0.25) is 10.0 Å². The average Bonchev–Trinajstić information content (AvgIpc) is 2.38. The maximum atomic E-state index is 12.0. The van der Waals surface area contributed by atoms with E-state index in [1.165, 1.54) is 13.0 Å². The van der Waals surface area contributed by atoms with Crippen molar-refractivity contribution in [3.63, 3.8) is 0 Å². The lowest BCUT2D eigenvalue weighted by Crippen LogP contribution is -2.37. The number of carbonyl (C=O) groups excluding carboxylic acids is 2. The maximum absolute atomic E-state index is 12.0. The van der Waals surface area contributed by atoms with Gasteiger partial charge in [-0.3, -0.25) is 4.79 Å². The highest BCUT2D eigenvalue weighted by molar-refractivity contribution is 6.35. The lowest BCUT2D eigenvalue weighted by Gasteiger charge is -2.19. The van der Waals surface area contributed by atoms with Crippen LogP contribution in [0.4, 0.5) is 0 Å². The Morgan fingerprint density at radius 1 is 1.29 bits per heavy atom. The van der Waals surface area contributed by atoms with Crippen molar-refractivity contribution in [2.45, 2.75) is 32.9 Å². The molecule has 1 rings (SSSR count). The Morgan fingerprint density at radius 2 is 1.95 bits per heavy atom. The van der Waals surface area contributed by atoms with E-state index in [0.717, 1.165) is 5.56 Å². The van der Waals surface area contributed by atoms with Crippen LogP contribution in [-0.4, -0.2) is 18.0 Å². The number of benzene rings is 1. The van der Waals surface area contributed by atoms with Gasteiger partial charge in [-0.05, 0) is 38.5 Å². The van der Waals surface area contributed by atoms with E-state index in [-0.39, 0.29) is 6.04 Å². The van der Waals surface area contributed by atoms with Crippen molar-refractivity contribution < 1.29 is 14.3 Å². The molecule has 0 saturated carbocycles. The Labute approximate surface area is 134 Å². The molecule has 0 aliphatic heterocycles. The van der Waals surface area contributed by atoms with Crippen molar-refractivity contribution in [2.24, 2.45) is 0 Å². The Hall–Kier alpha value is -1.52. The summed E-state index contributed by atoms with van der Waals surface area (Å²) >= 11 is 11.9. The third kappa shape index (κ3) is 5.40. The van der Waals surface area contributed by atoms with Crippen LogP contribution < -0.4 is 5.32 Å². The van der Waals surface area contributed by atoms with E-state index < -0.39 is 18.0 Å². The molecule has 0 aliphatic carbocycles. The van der Waals surface area contributed by atoms with Crippen molar-refractivity contribution in [3.05, 3.63) is 46.0 Å². The molecule has 1 N–H and O–H groups in total. The topological polar surface area (TPSA) is 55.4 Å². The predicted octanol–water partition coefficient (Wildman–Crippen LogP) is 3.68. The highest BCUT2D eigenvalue weighted by Gasteiger charge is 2.20. The van der Waals surface area contributed by atoms with Crippen molar-refractivity contribution in [1.82, 2.24) is 5.32 Å². The van der Waals surface area contributed by atoms with Crippen LogP contribution in [-0.2, 0) is 14.3 Å². The Bertz CT molecular complexity index is 558. The van der Waals surface area contributed by atoms with Gasteiger partial charge in [0.2, 0.25) is 0 Å². The van der Waals surface area contributed by atoms with Gasteiger partial charge in [0.1, 0.15) is 0 Å². The average molecular weight is 330 g/mol. The SMILES string of the molecule is C/C=C/C(=O)O[C@@H](C)C(=O)N[C@H](C)c1ccc(Cl)cc1Cl. The maximum Gasteiger partial charge on any atom is 0.331 e.